The molecule has 1 aromatic heterocycles. The Balaban J connectivity index is 1.78. The van der Waals surface area contributed by atoms with E-state index in [0.717, 1.165) is 12.3 Å². The van der Waals surface area contributed by atoms with Crippen molar-refractivity contribution in [2.24, 2.45) is 0 Å². The molecule has 2 heteroatoms. The van der Waals surface area contributed by atoms with Gasteiger partial charge in [-0.25, -0.2) is 0 Å². The molecule has 3 rings (SSSR count). The van der Waals surface area contributed by atoms with Crippen molar-refractivity contribution in [3.05, 3.63) is 73.3 Å². The summed E-state index contributed by atoms with van der Waals surface area (Å²) in [6.07, 6.45) is 2.05. The van der Waals surface area contributed by atoms with E-state index >= 15 is 0 Å². The Morgan fingerprint density at radius 3 is 2.63 bits per heavy atom. The molecule has 2 nitrogen and oxygen atoms in total. The Kier molecular flexibility index (Phi) is 3.23. The lowest BCUT2D eigenvalue weighted by atomic mass is 10.2. The van der Waals surface area contributed by atoms with Crippen LogP contribution in [0.4, 0.5) is 0 Å². The van der Waals surface area contributed by atoms with Gasteiger partial charge in [0.2, 0.25) is 0 Å². The normalized spacial score (nSPS) is 10.8. The number of nitrogens with zero attached hydrogens (tertiary/aromatic N) is 1. The highest BCUT2D eigenvalue weighted by Gasteiger charge is 2.02. The molecule has 0 fully saturated rings. The smallest absolute Gasteiger partial charge is 0.120 e. The zero-order chi connectivity index (χ0) is 13.1. The van der Waals surface area contributed by atoms with Crippen molar-refractivity contribution in [3.63, 3.8) is 0 Å². The van der Waals surface area contributed by atoms with Crippen LogP contribution in [0.1, 0.15) is 5.56 Å². The highest BCUT2D eigenvalue weighted by Crippen LogP contribution is 2.22. The monoisotopic (exact) mass is 250 g/mol. The molecular formula is C17H16NO. The summed E-state index contributed by atoms with van der Waals surface area (Å²) in [4.78, 5) is 0. The Hall–Kier alpha value is -2.22. The number of rotatable bonds is 4. The molecule has 0 aliphatic rings. The van der Waals surface area contributed by atoms with Gasteiger partial charge in [-0.05, 0) is 36.8 Å². The number of fused-ring (bicyclic) bond motifs is 1. The first-order valence-electron chi connectivity index (χ1n) is 6.42. The molecule has 0 amide bonds. The number of hydrogen-bond donors (Lipinski definition) is 0. The van der Waals surface area contributed by atoms with Gasteiger partial charge in [-0.3, -0.25) is 0 Å². The van der Waals surface area contributed by atoms with E-state index in [9.17, 15) is 0 Å². The first-order valence-corrected chi connectivity index (χ1v) is 6.42. The van der Waals surface area contributed by atoms with E-state index in [0.29, 0.717) is 6.61 Å². The summed E-state index contributed by atoms with van der Waals surface area (Å²) in [5, 5.41) is 1.19. The van der Waals surface area contributed by atoms with Gasteiger partial charge in [0.25, 0.3) is 0 Å². The van der Waals surface area contributed by atoms with Gasteiger partial charge in [-0.2, -0.15) is 0 Å². The molecule has 0 aliphatic carbocycles. The second-order valence-electron chi connectivity index (χ2n) is 4.50. The SMILES string of the molecule is [CH2]Cn1ccc2cc(OCc3ccccc3)ccc21. The summed E-state index contributed by atoms with van der Waals surface area (Å²) >= 11 is 0. The van der Waals surface area contributed by atoms with Crippen LogP contribution >= 0.6 is 0 Å². The summed E-state index contributed by atoms with van der Waals surface area (Å²) in [5.74, 6) is 0.901. The molecule has 0 unspecified atom stereocenters. The fourth-order valence-electron chi connectivity index (χ4n) is 2.20. The van der Waals surface area contributed by atoms with E-state index in [1.807, 2.05) is 24.3 Å². The molecule has 3 aromatic rings. The third-order valence-electron chi connectivity index (χ3n) is 3.23. The number of ether oxygens (including phenoxy) is 1. The van der Waals surface area contributed by atoms with Crippen molar-refractivity contribution in [2.45, 2.75) is 13.2 Å². The van der Waals surface area contributed by atoms with E-state index in [1.54, 1.807) is 0 Å². The lowest BCUT2D eigenvalue weighted by Gasteiger charge is -2.07. The Labute approximate surface area is 113 Å². The van der Waals surface area contributed by atoms with Gasteiger partial charge in [0, 0.05) is 23.6 Å². The molecule has 0 aliphatic heterocycles. The molecule has 2 aromatic carbocycles. The van der Waals surface area contributed by atoms with E-state index in [-0.39, 0.29) is 0 Å². The van der Waals surface area contributed by atoms with Crippen molar-refractivity contribution < 1.29 is 4.74 Å². The Morgan fingerprint density at radius 2 is 1.84 bits per heavy atom. The van der Waals surface area contributed by atoms with Gasteiger partial charge >= 0.3 is 0 Å². The molecule has 0 bridgehead atoms. The van der Waals surface area contributed by atoms with E-state index < -0.39 is 0 Å². The first kappa shape index (κ1) is 11.8. The lowest BCUT2D eigenvalue weighted by molar-refractivity contribution is 0.306. The van der Waals surface area contributed by atoms with E-state index in [4.69, 9.17) is 4.74 Å². The van der Waals surface area contributed by atoms with Crippen LogP contribution in [-0.2, 0) is 13.2 Å². The van der Waals surface area contributed by atoms with Crippen molar-refractivity contribution in [1.29, 1.82) is 0 Å². The van der Waals surface area contributed by atoms with Crippen molar-refractivity contribution >= 4 is 10.9 Å². The third kappa shape index (κ3) is 2.48. The number of aromatic nitrogens is 1. The number of benzene rings is 2. The molecule has 19 heavy (non-hydrogen) atoms. The van der Waals surface area contributed by atoms with E-state index in [2.05, 4.69) is 48.0 Å². The zero-order valence-electron chi connectivity index (χ0n) is 10.8. The highest BCUT2D eigenvalue weighted by molar-refractivity contribution is 5.81. The minimum atomic E-state index is 0.600. The highest BCUT2D eigenvalue weighted by atomic mass is 16.5. The summed E-state index contributed by atoms with van der Waals surface area (Å²) in [7, 11) is 0. The van der Waals surface area contributed by atoms with Gasteiger partial charge < -0.3 is 9.30 Å². The summed E-state index contributed by atoms with van der Waals surface area (Å²) in [6.45, 7) is 5.25. The van der Waals surface area contributed by atoms with Gasteiger partial charge in [0.1, 0.15) is 12.4 Å². The van der Waals surface area contributed by atoms with Gasteiger partial charge in [-0.1, -0.05) is 30.3 Å². The topological polar surface area (TPSA) is 14.2 Å². The standard InChI is InChI=1S/C17H16NO/c1-2-18-11-10-15-12-16(8-9-17(15)18)19-13-14-6-4-3-5-7-14/h3-12H,1-2,13H2. The maximum absolute atomic E-state index is 5.82. The van der Waals surface area contributed by atoms with Crippen LogP contribution in [0, 0.1) is 6.92 Å². The average molecular weight is 250 g/mol. The first-order chi connectivity index (χ1) is 9.36. The second kappa shape index (κ2) is 5.19. The maximum Gasteiger partial charge on any atom is 0.120 e. The molecule has 0 atom stereocenters. The summed E-state index contributed by atoms with van der Waals surface area (Å²) in [6, 6.07) is 18.5. The van der Waals surface area contributed by atoms with Crippen molar-refractivity contribution in [2.75, 3.05) is 0 Å². The van der Waals surface area contributed by atoms with Crippen LogP contribution in [-0.4, -0.2) is 4.57 Å². The van der Waals surface area contributed by atoms with Crippen LogP contribution in [0.25, 0.3) is 10.9 Å². The minimum absolute atomic E-state index is 0.600. The van der Waals surface area contributed by atoms with Crippen molar-refractivity contribution in [1.82, 2.24) is 4.57 Å². The largest absolute Gasteiger partial charge is 0.489 e. The molecule has 1 radical (unpaired) electrons. The third-order valence-corrected chi connectivity index (χ3v) is 3.23. The summed E-state index contributed by atoms with van der Waals surface area (Å²) < 4.78 is 7.94. The lowest BCUT2D eigenvalue weighted by Crippen LogP contribution is -1.95. The van der Waals surface area contributed by atoms with Crippen LogP contribution in [0.5, 0.6) is 5.75 Å². The molecule has 0 N–H and O–H groups in total. The van der Waals surface area contributed by atoms with Gasteiger partial charge in [-0.15, -0.1) is 0 Å². The predicted octanol–water partition coefficient (Wildman–Crippen LogP) is 4.05. The zero-order valence-corrected chi connectivity index (χ0v) is 10.8. The quantitative estimate of drug-likeness (QED) is 0.681. The Morgan fingerprint density at radius 1 is 1.00 bits per heavy atom. The fourth-order valence-corrected chi connectivity index (χ4v) is 2.20. The molecule has 0 spiro atoms. The Bertz CT molecular complexity index is 670. The maximum atomic E-state index is 5.82. The molecular weight excluding hydrogens is 234 g/mol. The van der Waals surface area contributed by atoms with Gasteiger partial charge in [0.05, 0.1) is 0 Å². The van der Waals surface area contributed by atoms with Crippen LogP contribution in [0.3, 0.4) is 0 Å². The van der Waals surface area contributed by atoms with Crippen LogP contribution in [0.2, 0.25) is 0 Å². The molecule has 1 heterocycles. The van der Waals surface area contributed by atoms with Crippen molar-refractivity contribution in [3.8, 4) is 5.75 Å². The molecule has 0 saturated carbocycles. The van der Waals surface area contributed by atoms with Crippen LogP contribution < -0.4 is 4.74 Å². The minimum Gasteiger partial charge on any atom is -0.489 e. The fraction of sp³-hybridized carbons (Fsp3) is 0.118. The van der Waals surface area contributed by atoms with Gasteiger partial charge in [0.15, 0.2) is 0 Å². The second-order valence-corrected chi connectivity index (χ2v) is 4.50. The number of hydrogen-bond acceptors (Lipinski definition) is 1. The molecule has 95 valence electrons. The molecule has 0 saturated heterocycles. The van der Waals surface area contributed by atoms with E-state index in [1.165, 1.54) is 16.5 Å². The predicted molar refractivity (Wildman–Crippen MR) is 78.1 cm³/mol. The van der Waals surface area contributed by atoms with Crippen LogP contribution in [0.15, 0.2) is 60.8 Å². The average Bonchev–Trinajstić information content (AvgIpc) is 2.88. The summed E-state index contributed by atoms with van der Waals surface area (Å²) in [5.41, 5.74) is 2.37.